The number of guanidine groups is 1. The Kier molecular flexibility index (Phi) is 5.01. The Morgan fingerprint density at radius 2 is 2.22 bits per heavy atom. The van der Waals surface area contributed by atoms with Gasteiger partial charge in [0.2, 0.25) is 0 Å². The average molecular weight is 252 g/mol. The van der Waals surface area contributed by atoms with Crippen molar-refractivity contribution in [3.05, 3.63) is 12.2 Å². The van der Waals surface area contributed by atoms with Gasteiger partial charge in [0.1, 0.15) is 0 Å². The summed E-state index contributed by atoms with van der Waals surface area (Å²) in [7, 11) is 3.94. The van der Waals surface area contributed by atoms with E-state index in [0.717, 1.165) is 45.0 Å². The second-order valence-corrected chi connectivity index (χ2v) is 4.99. The molecule has 0 aromatic rings. The van der Waals surface area contributed by atoms with Crippen molar-refractivity contribution in [3.8, 4) is 0 Å². The van der Waals surface area contributed by atoms with Gasteiger partial charge in [0.25, 0.3) is 0 Å². The van der Waals surface area contributed by atoms with Crippen molar-refractivity contribution >= 4 is 5.96 Å². The van der Waals surface area contributed by atoms with Crippen LogP contribution in [-0.4, -0.2) is 63.3 Å². The van der Waals surface area contributed by atoms with Crippen molar-refractivity contribution in [1.29, 1.82) is 0 Å². The summed E-state index contributed by atoms with van der Waals surface area (Å²) in [4.78, 5) is 6.55. The highest BCUT2D eigenvalue weighted by molar-refractivity contribution is 5.80. The molecule has 1 aliphatic carbocycles. The van der Waals surface area contributed by atoms with Gasteiger partial charge in [-0.15, -0.1) is 0 Å². The minimum atomic E-state index is 0.254. The molecule has 102 valence electrons. The number of nitrogens with one attached hydrogen (secondary N) is 2. The zero-order valence-electron chi connectivity index (χ0n) is 11.4. The third kappa shape index (κ3) is 3.99. The first kappa shape index (κ1) is 13.4. The van der Waals surface area contributed by atoms with E-state index in [1.807, 2.05) is 7.05 Å². The van der Waals surface area contributed by atoms with Crippen molar-refractivity contribution in [3.63, 3.8) is 0 Å². The van der Waals surface area contributed by atoms with Gasteiger partial charge in [-0.25, -0.2) is 0 Å². The van der Waals surface area contributed by atoms with Crippen molar-refractivity contribution in [2.45, 2.75) is 25.0 Å². The van der Waals surface area contributed by atoms with E-state index in [-0.39, 0.29) is 6.10 Å². The molecule has 1 atom stereocenters. The van der Waals surface area contributed by atoms with Gasteiger partial charge in [-0.1, -0.05) is 12.2 Å². The fourth-order valence-corrected chi connectivity index (χ4v) is 2.32. The molecule has 1 heterocycles. The van der Waals surface area contributed by atoms with E-state index in [9.17, 15) is 0 Å². The number of morpholine rings is 1. The van der Waals surface area contributed by atoms with E-state index in [4.69, 9.17) is 4.74 Å². The number of ether oxygens (including phenoxy) is 1. The number of aliphatic imine (C=N–C) groups is 1. The van der Waals surface area contributed by atoms with Crippen molar-refractivity contribution < 1.29 is 4.74 Å². The summed E-state index contributed by atoms with van der Waals surface area (Å²) < 4.78 is 5.71. The van der Waals surface area contributed by atoms with Gasteiger partial charge in [0.15, 0.2) is 5.96 Å². The van der Waals surface area contributed by atoms with Gasteiger partial charge < -0.3 is 20.3 Å². The van der Waals surface area contributed by atoms with Crippen LogP contribution in [0.1, 0.15) is 12.8 Å². The second kappa shape index (κ2) is 6.75. The lowest BCUT2D eigenvalue weighted by molar-refractivity contribution is -0.0161. The summed E-state index contributed by atoms with van der Waals surface area (Å²) in [5, 5.41) is 6.77. The molecule has 0 spiro atoms. The first-order valence-electron chi connectivity index (χ1n) is 6.70. The van der Waals surface area contributed by atoms with Gasteiger partial charge in [-0.2, -0.15) is 0 Å². The summed E-state index contributed by atoms with van der Waals surface area (Å²) >= 11 is 0. The molecule has 1 fully saturated rings. The first-order chi connectivity index (χ1) is 8.78. The van der Waals surface area contributed by atoms with Crippen LogP contribution in [0.3, 0.4) is 0 Å². The van der Waals surface area contributed by atoms with Crippen LogP contribution in [0.4, 0.5) is 0 Å². The molecule has 1 unspecified atom stereocenters. The van der Waals surface area contributed by atoms with Crippen molar-refractivity contribution in [1.82, 2.24) is 15.5 Å². The van der Waals surface area contributed by atoms with Gasteiger partial charge in [-0.3, -0.25) is 4.99 Å². The maximum atomic E-state index is 5.71. The topological polar surface area (TPSA) is 48.9 Å². The molecule has 0 amide bonds. The highest BCUT2D eigenvalue weighted by Crippen LogP contribution is 2.08. The van der Waals surface area contributed by atoms with E-state index in [1.165, 1.54) is 0 Å². The number of hydrogen-bond donors (Lipinski definition) is 2. The quantitative estimate of drug-likeness (QED) is 0.428. The Morgan fingerprint density at radius 3 is 2.89 bits per heavy atom. The zero-order valence-corrected chi connectivity index (χ0v) is 11.4. The minimum absolute atomic E-state index is 0.254. The summed E-state index contributed by atoms with van der Waals surface area (Å²) in [5.41, 5.74) is 0. The molecule has 5 heteroatoms. The second-order valence-electron chi connectivity index (χ2n) is 4.99. The average Bonchev–Trinajstić information content (AvgIpc) is 2.87. The fourth-order valence-electron chi connectivity index (χ4n) is 2.32. The lowest BCUT2D eigenvalue weighted by atomic mass is 10.2. The van der Waals surface area contributed by atoms with Crippen LogP contribution in [-0.2, 0) is 4.74 Å². The maximum absolute atomic E-state index is 5.71. The zero-order chi connectivity index (χ0) is 12.8. The van der Waals surface area contributed by atoms with Gasteiger partial charge in [0, 0.05) is 32.7 Å². The van der Waals surface area contributed by atoms with Gasteiger partial charge >= 0.3 is 0 Å². The Labute approximate surface area is 109 Å². The molecule has 2 aliphatic rings. The summed E-state index contributed by atoms with van der Waals surface area (Å²) in [6, 6.07) is 0.492. The van der Waals surface area contributed by atoms with E-state index >= 15 is 0 Å². The molecule has 1 aliphatic heterocycles. The van der Waals surface area contributed by atoms with E-state index < -0.39 is 0 Å². The molecule has 5 nitrogen and oxygen atoms in total. The number of nitrogens with zero attached hydrogens (tertiary/aromatic N) is 2. The normalized spacial score (nSPS) is 26.6. The molecule has 2 N–H and O–H groups in total. The Morgan fingerprint density at radius 1 is 1.44 bits per heavy atom. The molecule has 0 aromatic carbocycles. The van der Waals surface area contributed by atoms with Gasteiger partial charge in [0.05, 0.1) is 12.7 Å². The van der Waals surface area contributed by atoms with Crippen LogP contribution in [0.25, 0.3) is 0 Å². The Bertz CT molecular complexity index is 308. The number of hydrogen-bond acceptors (Lipinski definition) is 3. The predicted octanol–water partition coefficient (Wildman–Crippen LogP) is 0.201. The van der Waals surface area contributed by atoms with Crippen LogP contribution in [0.5, 0.6) is 0 Å². The molecule has 0 aromatic heterocycles. The lowest BCUT2D eigenvalue weighted by Gasteiger charge is -2.30. The van der Waals surface area contributed by atoms with Crippen LogP contribution in [0.2, 0.25) is 0 Å². The molecule has 0 saturated carbocycles. The third-order valence-electron chi connectivity index (χ3n) is 3.41. The highest BCUT2D eigenvalue weighted by Gasteiger charge is 2.18. The third-order valence-corrected chi connectivity index (χ3v) is 3.41. The van der Waals surface area contributed by atoms with Gasteiger partial charge in [-0.05, 0) is 19.9 Å². The van der Waals surface area contributed by atoms with Crippen LogP contribution >= 0.6 is 0 Å². The van der Waals surface area contributed by atoms with Crippen molar-refractivity contribution in [2.24, 2.45) is 4.99 Å². The number of likely N-dealkylation sites (N-methyl/N-ethyl adjacent to an activating group) is 1. The smallest absolute Gasteiger partial charge is 0.191 e. The fraction of sp³-hybridized carbons (Fsp3) is 0.769. The van der Waals surface area contributed by atoms with E-state index in [2.05, 4.69) is 39.7 Å². The molecular weight excluding hydrogens is 228 g/mol. The molecule has 0 bridgehead atoms. The highest BCUT2D eigenvalue weighted by atomic mass is 16.5. The Balaban J connectivity index is 1.70. The van der Waals surface area contributed by atoms with Crippen molar-refractivity contribution in [2.75, 3.05) is 40.3 Å². The maximum Gasteiger partial charge on any atom is 0.191 e. The predicted molar refractivity (Wildman–Crippen MR) is 73.9 cm³/mol. The summed E-state index contributed by atoms with van der Waals surface area (Å²) in [5.74, 6) is 0.875. The number of rotatable bonds is 3. The molecule has 2 rings (SSSR count). The Hall–Kier alpha value is -1.07. The summed E-state index contributed by atoms with van der Waals surface area (Å²) in [6.07, 6.45) is 6.85. The van der Waals surface area contributed by atoms with E-state index in [0.29, 0.717) is 6.04 Å². The van der Waals surface area contributed by atoms with Crippen LogP contribution in [0.15, 0.2) is 17.1 Å². The lowest BCUT2D eigenvalue weighted by Crippen LogP contribution is -2.49. The molecule has 0 radical (unpaired) electrons. The minimum Gasteiger partial charge on any atom is -0.374 e. The first-order valence-corrected chi connectivity index (χ1v) is 6.70. The van der Waals surface area contributed by atoms with Crippen LogP contribution in [0, 0.1) is 0 Å². The SMILES string of the molecule is CN=C(NCC1CN(C)CCO1)NC1CC=CC1. The largest absolute Gasteiger partial charge is 0.374 e. The molecule has 1 saturated heterocycles. The molecular formula is C13H24N4O. The monoisotopic (exact) mass is 252 g/mol. The molecule has 18 heavy (non-hydrogen) atoms. The van der Waals surface area contributed by atoms with E-state index in [1.54, 1.807) is 0 Å². The summed E-state index contributed by atoms with van der Waals surface area (Å²) in [6.45, 7) is 3.64. The standard InChI is InChI=1S/C13H24N4O/c1-14-13(16-11-5-3-4-6-11)15-9-12-10-17(2)7-8-18-12/h3-4,11-12H,5-10H2,1-2H3,(H2,14,15,16). The van der Waals surface area contributed by atoms with Crippen LogP contribution < -0.4 is 10.6 Å².